The van der Waals surface area contributed by atoms with Gasteiger partial charge in [0.2, 0.25) is 5.91 Å². The van der Waals surface area contributed by atoms with Gasteiger partial charge in [0.25, 0.3) is 0 Å². The molecule has 0 bridgehead atoms. The van der Waals surface area contributed by atoms with E-state index in [-0.39, 0.29) is 12.0 Å². The third kappa shape index (κ3) is 3.99. The molecule has 0 saturated carbocycles. The number of amides is 1. The van der Waals surface area contributed by atoms with Gasteiger partial charge in [0, 0.05) is 38.2 Å². The number of nitrogens with zero attached hydrogens (tertiary/aromatic N) is 3. The molecule has 1 aliphatic rings. The summed E-state index contributed by atoms with van der Waals surface area (Å²) in [5.74, 6) is 0.899. The Morgan fingerprint density at radius 1 is 1.35 bits per heavy atom. The maximum absolute atomic E-state index is 12.5. The summed E-state index contributed by atoms with van der Waals surface area (Å²) in [5.41, 5.74) is 1.02. The van der Waals surface area contributed by atoms with Crippen LogP contribution in [0.25, 0.3) is 11.4 Å². The number of rotatable bonds is 5. The van der Waals surface area contributed by atoms with Gasteiger partial charge in [-0.2, -0.15) is 0 Å². The van der Waals surface area contributed by atoms with Gasteiger partial charge < -0.3 is 14.2 Å². The number of likely N-dealkylation sites (N-methyl/N-ethyl adjacent to an activating group) is 1. The van der Waals surface area contributed by atoms with Crippen molar-refractivity contribution in [2.45, 2.75) is 31.9 Å². The van der Waals surface area contributed by atoms with Crippen LogP contribution in [-0.2, 0) is 16.1 Å². The molecule has 1 aromatic carbocycles. The molecule has 0 radical (unpaired) electrons. The maximum atomic E-state index is 12.5. The van der Waals surface area contributed by atoms with Crippen LogP contribution in [0.5, 0.6) is 0 Å². The molecular weight excluding hydrogens is 290 g/mol. The van der Waals surface area contributed by atoms with E-state index in [1.807, 2.05) is 48.1 Å². The lowest BCUT2D eigenvalue weighted by Crippen LogP contribution is -2.38. The Labute approximate surface area is 136 Å². The van der Waals surface area contributed by atoms with Crippen molar-refractivity contribution in [3.05, 3.63) is 42.7 Å². The monoisotopic (exact) mass is 313 g/mol. The predicted octanol–water partition coefficient (Wildman–Crippen LogP) is 2.58. The molecule has 2 aromatic rings. The molecule has 1 fully saturated rings. The molecule has 0 spiro atoms. The van der Waals surface area contributed by atoms with Crippen molar-refractivity contribution in [3.8, 4) is 11.4 Å². The molecular formula is C18H23N3O2. The minimum Gasteiger partial charge on any atom is -0.376 e. The molecule has 3 rings (SSSR count). The third-order valence-electron chi connectivity index (χ3n) is 4.23. The number of ether oxygens (including phenoxy) is 1. The lowest BCUT2D eigenvalue weighted by atomic mass is 10.1. The van der Waals surface area contributed by atoms with Crippen LogP contribution in [0, 0.1) is 0 Å². The number of benzene rings is 1. The molecule has 1 atom stereocenters. The first-order valence-corrected chi connectivity index (χ1v) is 8.16. The van der Waals surface area contributed by atoms with Gasteiger partial charge in [0.1, 0.15) is 12.4 Å². The summed E-state index contributed by atoms with van der Waals surface area (Å²) in [6, 6.07) is 9.93. The summed E-state index contributed by atoms with van der Waals surface area (Å²) in [6.07, 6.45) is 7.12. The van der Waals surface area contributed by atoms with Crippen LogP contribution < -0.4 is 0 Å². The summed E-state index contributed by atoms with van der Waals surface area (Å²) in [4.78, 5) is 18.6. The van der Waals surface area contributed by atoms with E-state index in [0.29, 0.717) is 13.1 Å². The Kier molecular flexibility index (Phi) is 5.08. The highest BCUT2D eigenvalue weighted by atomic mass is 16.5. The average molecular weight is 313 g/mol. The molecule has 0 N–H and O–H groups in total. The van der Waals surface area contributed by atoms with Crippen LogP contribution in [0.4, 0.5) is 0 Å². The first-order valence-electron chi connectivity index (χ1n) is 8.16. The van der Waals surface area contributed by atoms with E-state index >= 15 is 0 Å². The summed E-state index contributed by atoms with van der Waals surface area (Å²) < 4.78 is 7.61. The number of imidazole rings is 1. The first kappa shape index (κ1) is 15.7. The smallest absolute Gasteiger partial charge is 0.242 e. The number of carbonyl (C=O) groups excluding carboxylic acids is 1. The highest BCUT2D eigenvalue weighted by molar-refractivity contribution is 5.76. The Balaban J connectivity index is 1.63. The van der Waals surface area contributed by atoms with Gasteiger partial charge in [-0.15, -0.1) is 0 Å². The van der Waals surface area contributed by atoms with Crippen molar-refractivity contribution in [1.29, 1.82) is 0 Å². The zero-order valence-electron chi connectivity index (χ0n) is 13.5. The number of hydrogen-bond acceptors (Lipinski definition) is 3. The minimum absolute atomic E-state index is 0.0781. The van der Waals surface area contributed by atoms with Gasteiger partial charge in [0.15, 0.2) is 0 Å². The second kappa shape index (κ2) is 7.42. The van der Waals surface area contributed by atoms with Gasteiger partial charge in [-0.3, -0.25) is 4.79 Å². The SMILES string of the molecule is CN(CC1CCCCO1)C(=O)Cn1ccnc1-c1ccccc1. The van der Waals surface area contributed by atoms with E-state index in [9.17, 15) is 4.79 Å². The summed E-state index contributed by atoms with van der Waals surface area (Å²) in [6.45, 7) is 1.77. The lowest BCUT2D eigenvalue weighted by Gasteiger charge is -2.27. The molecule has 1 amide bonds. The molecule has 1 aromatic heterocycles. The van der Waals surface area contributed by atoms with Crippen molar-refractivity contribution >= 4 is 5.91 Å². The van der Waals surface area contributed by atoms with Crippen molar-refractivity contribution in [2.24, 2.45) is 0 Å². The molecule has 2 heterocycles. The molecule has 1 aliphatic heterocycles. The fraction of sp³-hybridized carbons (Fsp3) is 0.444. The van der Waals surface area contributed by atoms with E-state index in [2.05, 4.69) is 4.98 Å². The summed E-state index contributed by atoms with van der Waals surface area (Å²) in [5, 5.41) is 0. The van der Waals surface area contributed by atoms with E-state index in [1.165, 1.54) is 6.42 Å². The summed E-state index contributed by atoms with van der Waals surface area (Å²) in [7, 11) is 1.85. The largest absolute Gasteiger partial charge is 0.376 e. The Morgan fingerprint density at radius 3 is 2.91 bits per heavy atom. The molecule has 1 saturated heterocycles. The molecule has 122 valence electrons. The molecule has 23 heavy (non-hydrogen) atoms. The molecule has 0 aliphatic carbocycles. The van der Waals surface area contributed by atoms with Crippen LogP contribution in [0.2, 0.25) is 0 Å². The Hall–Kier alpha value is -2.14. The Bertz CT molecular complexity index is 633. The van der Waals surface area contributed by atoms with E-state index < -0.39 is 0 Å². The normalized spacial score (nSPS) is 17.9. The van der Waals surface area contributed by atoms with Crippen LogP contribution in [0.3, 0.4) is 0 Å². The zero-order chi connectivity index (χ0) is 16.1. The van der Waals surface area contributed by atoms with Gasteiger partial charge >= 0.3 is 0 Å². The van der Waals surface area contributed by atoms with E-state index in [0.717, 1.165) is 30.8 Å². The quantitative estimate of drug-likeness (QED) is 0.852. The highest BCUT2D eigenvalue weighted by Gasteiger charge is 2.19. The van der Waals surface area contributed by atoms with E-state index in [1.54, 1.807) is 11.1 Å². The van der Waals surface area contributed by atoms with Crippen molar-refractivity contribution in [1.82, 2.24) is 14.5 Å². The molecule has 1 unspecified atom stereocenters. The van der Waals surface area contributed by atoms with Crippen LogP contribution in [-0.4, -0.2) is 46.7 Å². The van der Waals surface area contributed by atoms with Crippen LogP contribution in [0.1, 0.15) is 19.3 Å². The van der Waals surface area contributed by atoms with Gasteiger partial charge in [0.05, 0.1) is 6.10 Å². The topological polar surface area (TPSA) is 47.4 Å². The molecule has 5 nitrogen and oxygen atoms in total. The van der Waals surface area contributed by atoms with Gasteiger partial charge in [-0.05, 0) is 19.3 Å². The first-order chi connectivity index (χ1) is 11.2. The second-order valence-corrected chi connectivity index (χ2v) is 6.01. The number of aromatic nitrogens is 2. The number of hydrogen-bond donors (Lipinski definition) is 0. The summed E-state index contributed by atoms with van der Waals surface area (Å²) >= 11 is 0. The van der Waals surface area contributed by atoms with Crippen molar-refractivity contribution in [3.63, 3.8) is 0 Å². The third-order valence-corrected chi connectivity index (χ3v) is 4.23. The highest BCUT2D eigenvalue weighted by Crippen LogP contribution is 2.17. The zero-order valence-corrected chi connectivity index (χ0v) is 13.5. The standard InChI is InChI=1S/C18H23N3O2/c1-20(13-16-9-5-6-12-23-16)17(22)14-21-11-10-19-18(21)15-7-3-2-4-8-15/h2-4,7-8,10-11,16H,5-6,9,12-14H2,1H3. The second-order valence-electron chi connectivity index (χ2n) is 6.01. The van der Waals surface area contributed by atoms with Gasteiger partial charge in [-0.25, -0.2) is 4.98 Å². The van der Waals surface area contributed by atoms with E-state index in [4.69, 9.17) is 4.74 Å². The van der Waals surface area contributed by atoms with Crippen molar-refractivity contribution < 1.29 is 9.53 Å². The fourth-order valence-corrected chi connectivity index (χ4v) is 2.91. The lowest BCUT2D eigenvalue weighted by molar-refractivity contribution is -0.132. The fourth-order valence-electron chi connectivity index (χ4n) is 2.91. The van der Waals surface area contributed by atoms with Crippen LogP contribution >= 0.6 is 0 Å². The van der Waals surface area contributed by atoms with Crippen molar-refractivity contribution in [2.75, 3.05) is 20.2 Å². The average Bonchev–Trinajstić information content (AvgIpc) is 3.04. The minimum atomic E-state index is 0.0781. The maximum Gasteiger partial charge on any atom is 0.242 e. The number of carbonyl (C=O) groups is 1. The van der Waals surface area contributed by atoms with Crippen LogP contribution in [0.15, 0.2) is 42.7 Å². The van der Waals surface area contributed by atoms with Gasteiger partial charge in [-0.1, -0.05) is 30.3 Å². The molecule has 5 heteroatoms. The predicted molar refractivity (Wildman–Crippen MR) is 88.9 cm³/mol. The Morgan fingerprint density at radius 2 is 2.17 bits per heavy atom.